The summed E-state index contributed by atoms with van der Waals surface area (Å²) in [5, 5.41) is 3.42. The molecule has 1 N–H and O–H groups in total. The van der Waals surface area contributed by atoms with Gasteiger partial charge in [-0.05, 0) is 25.2 Å². The highest BCUT2D eigenvalue weighted by molar-refractivity contribution is 5.80. The van der Waals surface area contributed by atoms with E-state index in [1.807, 2.05) is 14.0 Å². The number of rotatable bonds is 4. The maximum Gasteiger partial charge on any atom is 0.409 e. The summed E-state index contributed by atoms with van der Waals surface area (Å²) in [4.78, 5) is 20.0. The number of hydrogen-bond donors (Lipinski definition) is 1. The molecule has 1 fully saturated rings. The Kier molecular flexibility index (Phi) is 7.48. The minimum atomic E-state index is -0.213. The normalized spacial score (nSPS) is 16.7. The van der Waals surface area contributed by atoms with Gasteiger partial charge in [-0.3, -0.25) is 4.99 Å². The van der Waals surface area contributed by atoms with Crippen LogP contribution >= 0.6 is 0 Å². The smallest absolute Gasteiger partial charge is 0.409 e. The first kappa shape index (κ1) is 18.6. The summed E-state index contributed by atoms with van der Waals surface area (Å²) >= 11 is 0. The van der Waals surface area contributed by atoms with Crippen molar-refractivity contribution in [1.82, 2.24) is 15.1 Å². The second-order valence-corrected chi connectivity index (χ2v) is 6.81. The van der Waals surface area contributed by atoms with Crippen LogP contribution in [0.1, 0.15) is 40.5 Å². The molecule has 0 aliphatic carbocycles. The van der Waals surface area contributed by atoms with Gasteiger partial charge in [-0.1, -0.05) is 20.8 Å². The second kappa shape index (κ2) is 8.86. The van der Waals surface area contributed by atoms with Crippen LogP contribution in [-0.2, 0) is 4.74 Å². The number of piperazine rings is 1. The van der Waals surface area contributed by atoms with E-state index < -0.39 is 0 Å². The van der Waals surface area contributed by atoms with Crippen molar-refractivity contribution in [3.8, 4) is 0 Å². The van der Waals surface area contributed by atoms with Gasteiger partial charge in [-0.15, -0.1) is 0 Å². The molecule has 1 rings (SSSR count). The number of amides is 1. The van der Waals surface area contributed by atoms with Crippen molar-refractivity contribution in [1.29, 1.82) is 0 Å². The number of ether oxygens (including phenoxy) is 1. The zero-order chi connectivity index (χ0) is 16.6. The van der Waals surface area contributed by atoms with E-state index in [-0.39, 0.29) is 6.09 Å². The average Bonchev–Trinajstić information content (AvgIpc) is 2.47. The molecule has 1 heterocycles. The van der Waals surface area contributed by atoms with Crippen molar-refractivity contribution in [3.05, 3.63) is 0 Å². The Morgan fingerprint density at radius 1 is 1.18 bits per heavy atom. The fraction of sp³-hybridized carbons (Fsp3) is 0.875. The molecule has 0 radical (unpaired) electrons. The zero-order valence-electron chi connectivity index (χ0n) is 14.8. The molecule has 0 spiro atoms. The minimum Gasteiger partial charge on any atom is -0.450 e. The molecule has 22 heavy (non-hydrogen) atoms. The summed E-state index contributed by atoms with van der Waals surface area (Å²) < 4.78 is 5.04. The van der Waals surface area contributed by atoms with Gasteiger partial charge >= 0.3 is 6.09 Å². The maximum atomic E-state index is 11.7. The number of aliphatic imine (C=N–C) groups is 1. The number of carbonyl (C=O) groups is 1. The molecule has 1 aliphatic rings. The van der Waals surface area contributed by atoms with Gasteiger partial charge in [0.25, 0.3) is 0 Å². The number of guanidine groups is 1. The summed E-state index contributed by atoms with van der Waals surface area (Å²) in [5.41, 5.74) is 0.371. The second-order valence-electron chi connectivity index (χ2n) is 6.81. The Morgan fingerprint density at radius 2 is 1.77 bits per heavy atom. The van der Waals surface area contributed by atoms with Crippen molar-refractivity contribution in [2.75, 3.05) is 46.4 Å². The van der Waals surface area contributed by atoms with E-state index in [0.717, 1.165) is 32.0 Å². The van der Waals surface area contributed by atoms with Crippen LogP contribution in [0.3, 0.4) is 0 Å². The highest BCUT2D eigenvalue weighted by Crippen LogP contribution is 2.19. The van der Waals surface area contributed by atoms with Gasteiger partial charge in [0, 0.05) is 39.8 Å². The van der Waals surface area contributed by atoms with Crippen molar-refractivity contribution < 1.29 is 9.53 Å². The Bertz CT molecular complexity index is 369. The molecule has 0 aromatic rings. The molecule has 0 bridgehead atoms. The van der Waals surface area contributed by atoms with Gasteiger partial charge in [-0.25, -0.2) is 4.79 Å². The molecule has 1 aliphatic heterocycles. The third-order valence-electron chi connectivity index (χ3n) is 3.70. The van der Waals surface area contributed by atoms with E-state index in [9.17, 15) is 4.79 Å². The summed E-state index contributed by atoms with van der Waals surface area (Å²) in [6.45, 7) is 12.9. The van der Waals surface area contributed by atoms with Crippen LogP contribution in [0.2, 0.25) is 0 Å². The Labute approximate surface area is 134 Å². The molecule has 6 nitrogen and oxygen atoms in total. The summed E-state index contributed by atoms with van der Waals surface area (Å²) in [7, 11) is 1.81. The number of nitrogens with one attached hydrogen (secondary N) is 1. The molecule has 0 aromatic carbocycles. The minimum absolute atomic E-state index is 0.213. The first-order valence-corrected chi connectivity index (χ1v) is 8.24. The Balaban J connectivity index is 2.33. The first-order valence-electron chi connectivity index (χ1n) is 8.24. The van der Waals surface area contributed by atoms with Gasteiger partial charge < -0.3 is 19.9 Å². The van der Waals surface area contributed by atoms with Crippen molar-refractivity contribution in [2.45, 2.75) is 40.5 Å². The van der Waals surface area contributed by atoms with Crippen LogP contribution in [0, 0.1) is 5.41 Å². The highest BCUT2D eigenvalue weighted by Gasteiger charge is 2.23. The zero-order valence-corrected chi connectivity index (χ0v) is 14.8. The maximum absolute atomic E-state index is 11.7. The standard InChI is InChI=1S/C16H32N4O2/c1-6-22-15(21)20-12-10-19(11-13-20)14(17-5)18-9-7-8-16(2,3)4/h6-13H2,1-5H3,(H,17,18). The number of hydrogen-bond acceptors (Lipinski definition) is 3. The highest BCUT2D eigenvalue weighted by atomic mass is 16.6. The van der Waals surface area contributed by atoms with E-state index in [4.69, 9.17) is 4.74 Å². The molecular formula is C16H32N4O2. The van der Waals surface area contributed by atoms with E-state index in [0.29, 0.717) is 25.1 Å². The third kappa shape index (κ3) is 6.54. The average molecular weight is 312 g/mol. The van der Waals surface area contributed by atoms with Gasteiger partial charge in [-0.2, -0.15) is 0 Å². The molecule has 1 saturated heterocycles. The molecule has 6 heteroatoms. The molecule has 128 valence electrons. The first-order chi connectivity index (χ1) is 10.4. The van der Waals surface area contributed by atoms with E-state index >= 15 is 0 Å². The van der Waals surface area contributed by atoms with Crippen molar-refractivity contribution in [3.63, 3.8) is 0 Å². The summed E-state index contributed by atoms with van der Waals surface area (Å²) in [5.74, 6) is 0.928. The lowest BCUT2D eigenvalue weighted by molar-refractivity contribution is 0.0914. The van der Waals surface area contributed by atoms with Crippen molar-refractivity contribution in [2.24, 2.45) is 10.4 Å². The third-order valence-corrected chi connectivity index (χ3v) is 3.70. The van der Waals surface area contributed by atoms with Gasteiger partial charge in [0.05, 0.1) is 6.61 Å². The molecular weight excluding hydrogens is 280 g/mol. The quantitative estimate of drug-likeness (QED) is 0.491. The fourth-order valence-electron chi connectivity index (χ4n) is 2.47. The predicted octanol–water partition coefficient (Wildman–Crippen LogP) is 2.16. The topological polar surface area (TPSA) is 57.2 Å². The van der Waals surface area contributed by atoms with Gasteiger partial charge in [0.15, 0.2) is 5.96 Å². The lowest BCUT2D eigenvalue weighted by Gasteiger charge is -2.36. The van der Waals surface area contributed by atoms with E-state index in [1.165, 1.54) is 6.42 Å². The Morgan fingerprint density at radius 3 is 2.27 bits per heavy atom. The lowest BCUT2D eigenvalue weighted by atomic mass is 9.91. The van der Waals surface area contributed by atoms with Gasteiger partial charge in [0.2, 0.25) is 0 Å². The Hall–Kier alpha value is -1.46. The lowest BCUT2D eigenvalue weighted by Crippen LogP contribution is -2.54. The van der Waals surface area contributed by atoms with Crippen LogP contribution < -0.4 is 5.32 Å². The number of carbonyl (C=O) groups excluding carboxylic acids is 1. The van der Waals surface area contributed by atoms with Crippen LogP contribution in [0.5, 0.6) is 0 Å². The predicted molar refractivity (Wildman–Crippen MR) is 90.2 cm³/mol. The van der Waals surface area contributed by atoms with Crippen LogP contribution in [-0.4, -0.2) is 68.2 Å². The summed E-state index contributed by atoms with van der Waals surface area (Å²) in [6, 6.07) is 0. The fourth-order valence-corrected chi connectivity index (χ4v) is 2.47. The van der Waals surface area contributed by atoms with E-state index in [1.54, 1.807) is 4.90 Å². The number of nitrogens with zero attached hydrogens (tertiary/aromatic N) is 3. The molecule has 0 atom stereocenters. The molecule has 0 saturated carbocycles. The van der Waals surface area contributed by atoms with Crippen LogP contribution in [0.4, 0.5) is 4.79 Å². The van der Waals surface area contributed by atoms with Crippen LogP contribution in [0.25, 0.3) is 0 Å². The largest absolute Gasteiger partial charge is 0.450 e. The monoisotopic (exact) mass is 312 g/mol. The van der Waals surface area contributed by atoms with E-state index in [2.05, 4.69) is 36.0 Å². The molecule has 1 amide bonds. The SMILES string of the molecule is CCOC(=O)N1CCN(C(=NC)NCCCC(C)(C)C)CC1. The molecule has 0 unspecified atom stereocenters. The van der Waals surface area contributed by atoms with Gasteiger partial charge in [0.1, 0.15) is 0 Å². The summed E-state index contributed by atoms with van der Waals surface area (Å²) in [6.07, 6.45) is 2.11. The molecule has 0 aromatic heterocycles. The van der Waals surface area contributed by atoms with Crippen molar-refractivity contribution >= 4 is 12.1 Å². The van der Waals surface area contributed by atoms with Crippen LogP contribution in [0.15, 0.2) is 4.99 Å².